The number of carbonyl (C=O) groups is 2. The van der Waals surface area contributed by atoms with Crippen LogP contribution < -0.4 is 0 Å². The summed E-state index contributed by atoms with van der Waals surface area (Å²) in [6.45, 7) is 0. The molecule has 4 nitrogen and oxygen atoms in total. The lowest BCUT2D eigenvalue weighted by molar-refractivity contribution is -0.148. The van der Waals surface area contributed by atoms with E-state index in [1.807, 2.05) is 24.3 Å². The summed E-state index contributed by atoms with van der Waals surface area (Å²) in [7, 11) is 0. The highest BCUT2D eigenvalue weighted by atomic mass is 79.9. The fourth-order valence-electron chi connectivity index (χ4n) is 2.84. The molecule has 100 valence electrons. The largest absolute Gasteiger partial charge is 0.480 e. The van der Waals surface area contributed by atoms with Gasteiger partial charge < -0.3 is 10.0 Å². The van der Waals surface area contributed by atoms with Gasteiger partial charge in [-0.1, -0.05) is 28.1 Å². The maximum atomic E-state index is 12.1. The first-order chi connectivity index (χ1) is 9.04. The monoisotopic (exact) mass is 341 g/mol. The van der Waals surface area contributed by atoms with Crippen LogP contribution in [0.25, 0.3) is 0 Å². The van der Waals surface area contributed by atoms with Crippen LogP contribution in [0.4, 0.5) is 0 Å². The van der Waals surface area contributed by atoms with E-state index >= 15 is 0 Å². The smallest absolute Gasteiger partial charge is 0.327 e. The number of carboxylic acids is 1. The second-order valence-corrected chi connectivity index (χ2v) is 6.93. The van der Waals surface area contributed by atoms with Gasteiger partial charge in [0.25, 0.3) is 0 Å². The Morgan fingerprint density at radius 1 is 1.42 bits per heavy atom. The summed E-state index contributed by atoms with van der Waals surface area (Å²) in [6, 6.07) is 7.09. The maximum Gasteiger partial charge on any atom is 0.327 e. The minimum absolute atomic E-state index is 0.0553. The number of carbonyl (C=O) groups excluding carboxylic acids is 1. The van der Waals surface area contributed by atoms with Gasteiger partial charge in [0.1, 0.15) is 10.9 Å². The zero-order chi connectivity index (χ0) is 13.6. The van der Waals surface area contributed by atoms with E-state index in [1.165, 1.54) is 0 Å². The molecule has 3 rings (SSSR count). The topological polar surface area (TPSA) is 57.6 Å². The zero-order valence-corrected chi connectivity index (χ0v) is 12.4. The Morgan fingerprint density at radius 2 is 2.11 bits per heavy atom. The Labute approximate surface area is 123 Å². The number of fused-ring (bicyclic) bond motifs is 1. The van der Waals surface area contributed by atoms with Gasteiger partial charge in [-0.3, -0.25) is 4.79 Å². The van der Waals surface area contributed by atoms with E-state index < -0.39 is 16.9 Å². The van der Waals surface area contributed by atoms with E-state index in [4.69, 9.17) is 0 Å². The number of benzene rings is 1. The van der Waals surface area contributed by atoms with Gasteiger partial charge in [-0.25, -0.2) is 4.79 Å². The zero-order valence-electron chi connectivity index (χ0n) is 10.0. The summed E-state index contributed by atoms with van der Waals surface area (Å²) >= 11 is 4.96. The number of nitrogens with zero attached hydrogens (tertiary/aromatic N) is 1. The van der Waals surface area contributed by atoms with Gasteiger partial charge in [-0.15, -0.1) is 11.8 Å². The van der Waals surface area contributed by atoms with E-state index in [1.54, 1.807) is 16.7 Å². The molecule has 2 heterocycles. The van der Waals surface area contributed by atoms with Crippen molar-refractivity contribution in [2.24, 2.45) is 0 Å². The molecule has 2 saturated heterocycles. The lowest BCUT2D eigenvalue weighted by Crippen LogP contribution is -2.45. The number of carboxylic acid groups (broad SMARTS) is 1. The van der Waals surface area contributed by atoms with Crippen LogP contribution >= 0.6 is 27.7 Å². The summed E-state index contributed by atoms with van der Waals surface area (Å²) < 4.78 is 0.973. The number of rotatable bonds is 2. The Morgan fingerprint density at radius 3 is 2.74 bits per heavy atom. The number of aliphatic carboxylic acids is 1. The summed E-state index contributed by atoms with van der Waals surface area (Å²) in [5.74, 6) is -0.515. The third kappa shape index (κ3) is 1.89. The molecule has 0 saturated carbocycles. The molecule has 0 spiro atoms. The number of halogens is 1. The van der Waals surface area contributed by atoms with Crippen LogP contribution in [0.15, 0.2) is 28.7 Å². The van der Waals surface area contributed by atoms with Crippen molar-refractivity contribution >= 4 is 39.6 Å². The molecular formula is C13H12BrNO3S. The minimum Gasteiger partial charge on any atom is -0.480 e. The second kappa shape index (κ2) is 4.52. The number of amides is 1. The minimum atomic E-state index is -0.915. The molecule has 0 aliphatic carbocycles. The first kappa shape index (κ1) is 13.0. The standard InChI is InChI=1S/C13H12BrNO3S/c14-9-3-1-8(2-4-9)13-6-5-11(16)15(13)10(7-19-13)12(17)18/h1-4,10H,5-7H2,(H,17,18)/t10-,13-/m0/s1. The van der Waals surface area contributed by atoms with Crippen molar-refractivity contribution in [1.82, 2.24) is 4.90 Å². The third-order valence-corrected chi connectivity index (χ3v) is 5.83. The molecule has 0 radical (unpaired) electrons. The SMILES string of the molecule is O=C(O)[C@@H]1CS[C@]2(c3ccc(Br)cc3)CCC(=O)N12. The molecule has 0 aromatic heterocycles. The Hall–Kier alpha value is -1.01. The molecule has 1 amide bonds. The number of hydrogen-bond donors (Lipinski definition) is 1. The first-order valence-corrected chi connectivity index (χ1v) is 7.77. The molecular weight excluding hydrogens is 330 g/mol. The van der Waals surface area contributed by atoms with Gasteiger partial charge in [-0.2, -0.15) is 0 Å². The lowest BCUT2D eigenvalue weighted by Gasteiger charge is -2.33. The predicted molar refractivity (Wildman–Crippen MR) is 75.8 cm³/mol. The quantitative estimate of drug-likeness (QED) is 0.897. The van der Waals surface area contributed by atoms with Crippen molar-refractivity contribution in [1.29, 1.82) is 0 Å². The number of thioether (sulfide) groups is 1. The van der Waals surface area contributed by atoms with Crippen LogP contribution in [-0.4, -0.2) is 33.7 Å². The van der Waals surface area contributed by atoms with E-state index in [0.29, 0.717) is 18.6 Å². The van der Waals surface area contributed by atoms with E-state index in [9.17, 15) is 14.7 Å². The van der Waals surface area contributed by atoms with E-state index in [2.05, 4.69) is 15.9 Å². The third-order valence-electron chi connectivity index (χ3n) is 3.71. The molecule has 6 heteroatoms. The normalized spacial score (nSPS) is 29.6. The van der Waals surface area contributed by atoms with Gasteiger partial charge in [0.2, 0.25) is 5.91 Å². The van der Waals surface area contributed by atoms with Gasteiger partial charge in [0.15, 0.2) is 0 Å². The highest BCUT2D eigenvalue weighted by Gasteiger charge is 2.56. The van der Waals surface area contributed by atoms with Crippen molar-refractivity contribution in [2.75, 3.05) is 5.75 Å². The molecule has 1 aromatic rings. The first-order valence-electron chi connectivity index (χ1n) is 5.99. The average molecular weight is 342 g/mol. The van der Waals surface area contributed by atoms with Gasteiger partial charge >= 0.3 is 5.97 Å². The highest BCUT2D eigenvalue weighted by Crippen LogP contribution is 2.54. The summed E-state index contributed by atoms with van der Waals surface area (Å²) in [5.41, 5.74) is 1.01. The van der Waals surface area contributed by atoms with E-state index in [-0.39, 0.29) is 5.91 Å². The van der Waals surface area contributed by atoms with Crippen LogP contribution in [-0.2, 0) is 14.5 Å². The van der Waals surface area contributed by atoms with Crippen LogP contribution in [0, 0.1) is 0 Å². The summed E-state index contributed by atoms with van der Waals surface area (Å²) in [4.78, 5) is 24.4. The highest BCUT2D eigenvalue weighted by molar-refractivity contribution is 9.10. The van der Waals surface area contributed by atoms with Crippen LogP contribution in [0.3, 0.4) is 0 Å². The van der Waals surface area contributed by atoms with Crippen molar-refractivity contribution in [3.05, 3.63) is 34.3 Å². The van der Waals surface area contributed by atoms with Crippen LogP contribution in [0.2, 0.25) is 0 Å². The molecule has 2 fully saturated rings. The Balaban J connectivity index is 2.05. The fourth-order valence-corrected chi connectivity index (χ4v) is 4.74. The molecule has 0 bridgehead atoms. The molecule has 19 heavy (non-hydrogen) atoms. The van der Waals surface area contributed by atoms with E-state index in [0.717, 1.165) is 10.0 Å². The summed E-state index contributed by atoms with van der Waals surface area (Å²) in [5, 5.41) is 9.27. The fraction of sp³-hybridized carbons (Fsp3) is 0.385. The van der Waals surface area contributed by atoms with Crippen molar-refractivity contribution in [3.8, 4) is 0 Å². The predicted octanol–water partition coefficient (Wildman–Crippen LogP) is 2.42. The number of hydrogen-bond acceptors (Lipinski definition) is 3. The molecule has 2 aliphatic heterocycles. The molecule has 2 aliphatic rings. The van der Waals surface area contributed by atoms with Gasteiger partial charge in [-0.05, 0) is 24.1 Å². The average Bonchev–Trinajstić information content (AvgIpc) is 2.90. The van der Waals surface area contributed by atoms with Crippen LogP contribution in [0.1, 0.15) is 18.4 Å². The van der Waals surface area contributed by atoms with Crippen LogP contribution in [0.5, 0.6) is 0 Å². The van der Waals surface area contributed by atoms with Gasteiger partial charge in [0.05, 0.1) is 0 Å². The lowest BCUT2D eigenvalue weighted by atomic mass is 10.0. The Bertz CT molecular complexity index is 547. The second-order valence-electron chi connectivity index (χ2n) is 4.72. The van der Waals surface area contributed by atoms with Crippen molar-refractivity contribution < 1.29 is 14.7 Å². The molecule has 2 atom stereocenters. The Kier molecular flexibility index (Phi) is 3.09. The summed E-state index contributed by atoms with van der Waals surface area (Å²) in [6.07, 6.45) is 1.11. The molecule has 1 N–H and O–H groups in total. The molecule has 1 aromatic carbocycles. The van der Waals surface area contributed by atoms with Crippen molar-refractivity contribution in [2.45, 2.75) is 23.8 Å². The van der Waals surface area contributed by atoms with Gasteiger partial charge in [0, 0.05) is 16.6 Å². The molecule has 0 unspecified atom stereocenters. The van der Waals surface area contributed by atoms with Crippen molar-refractivity contribution in [3.63, 3.8) is 0 Å². The maximum absolute atomic E-state index is 12.1.